The first-order chi connectivity index (χ1) is 18.1. The summed E-state index contributed by atoms with van der Waals surface area (Å²) in [5.41, 5.74) is 2.13. The molecule has 2 fully saturated rings. The third-order valence-corrected chi connectivity index (χ3v) is 9.16. The van der Waals surface area contributed by atoms with Gasteiger partial charge in [0.25, 0.3) is 17.3 Å². The molecule has 2 N–H and O–H groups in total. The molecule has 1 aliphatic carbocycles. The number of hydrogen-bond acceptors (Lipinski definition) is 7. The van der Waals surface area contributed by atoms with Crippen molar-refractivity contribution in [2.24, 2.45) is 17.8 Å². The number of pyridine rings is 1. The molecule has 5 rings (SSSR count). The number of halogens is 1. The van der Waals surface area contributed by atoms with Gasteiger partial charge in [0, 0.05) is 53.2 Å². The van der Waals surface area contributed by atoms with Gasteiger partial charge in [-0.15, -0.1) is 11.8 Å². The van der Waals surface area contributed by atoms with E-state index >= 15 is 0 Å². The normalized spacial score (nSPS) is 24.7. The molecule has 1 saturated carbocycles. The molecule has 1 saturated heterocycles. The minimum Gasteiger partial charge on any atom is -0.448 e. The Hall–Kier alpha value is -2.67. The summed E-state index contributed by atoms with van der Waals surface area (Å²) < 4.78 is 12.8. The van der Waals surface area contributed by atoms with Gasteiger partial charge < -0.3 is 24.7 Å². The lowest BCUT2D eigenvalue weighted by Crippen LogP contribution is -2.49. The number of ether oxygens (including phenoxy) is 2. The molecule has 8 nitrogen and oxygen atoms in total. The fraction of sp³-hybridized carbons (Fsp3) is 0.536. The number of nitriles is 1. The van der Waals surface area contributed by atoms with Gasteiger partial charge >= 0.3 is 0 Å². The van der Waals surface area contributed by atoms with Gasteiger partial charge in [0.1, 0.15) is 0 Å². The van der Waals surface area contributed by atoms with Crippen molar-refractivity contribution in [2.45, 2.75) is 57.3 Å². The molecule has 1 amide bonds. The Bertz CT molecular complexity index is 1360. The number of thioether (sulfide) groups is 1. The van der Waals surface area contributed by atoms with E-state index in [1.165, 1.54) is 11.8 Å². The first kappa shape index (κ1) is 26.9. The number of aromatic amines is 1. The highest BCUT2D eigenvalue weighted by atomic mass is 35.5. The van der Waals surface area contributed by atoms with E-state index in [0.29, 0.717) is 39.1 Å². The molecule has 2 unspecified atom stereocenters. The highest BCUT2D eigenvalue weighted by Crippen LogP contribution is 2.51. The number of piperidine rings is 1. The number of nitrogens with one attached hydrogen (secondary N) is 2. The third kappa shape index (κ3) is 5.14. The standard InChI is InChI=1S/C28H33ClN4O4S/c1-15-9-23(38-4)21(27(35)32-15)13-31-26(34)20-11-22(29)25-24(16(20)2)36-28(3,37-25)19-5-7-33(8-6-19)14-18-10-17(18)12-30/h9,11,17-19H,5-8,10,13-14H2,1-4H3,(H,31,34)(H,32,35)/t17?,18?,28-/m0/s1. The van der Waals surface area contributed by atoms with Crippen molar-refractivity contribution in [3.05, 3.63) is 49.9 Å². The molecule has 3 heterocycles. The van der Waals surface area contributed by atoms with Gasteiger partial charge in [0.2, 0.25) is 0 Å². The second kappa shape index (κ2) is 10.5. The average molecular weight is 557 g/mol. The zero-order chi connectivity index (χ0) is 27.2. The summed E-state index contributed by atoms with van der Waals surface area (Å²) in [7, 11) is 0. The van der Waals surface area contributed by atoms with Crippen molar-refractivity contribution < 1.29 is 14.3 Å². The molecule has 1 aromatic heterocycles. The van der Waals surface area contributed by atoms with Gasteiger partial charge in [-0.05, 0) is 70.5 Å². The summed E-state index contributed by atoms with van der Waals surface area (Å²) in [5.74, 6) is 0.680. The van der Waals surface area contributed by atoms with Crippen LogP contribution in [0.2, 0.25) is 5.02 Å². The zero-order valence-electron chi connectivity index (χ0n) is 22.2. The molecule has 1 aromatic carbocycles. The number of hydrogen-bond donors (Lipinski definition) is 2. The topological polar surface area (TPSA) is 107 Å². The second-order valence-electron chi connectivity index (χ2n) is 10.7. The second-order valence-corrected chi connectivity index (χ2v) is 12.0. The Morgan fingerprint density at radius 2 is 2.00 bits per heavy atom. The fourth-order valence-corrected chi connectivity index (χ4v) is 6.57. The summed E-state index contributed by atoms with van der Waals surface area (Å²) >= 11 is 8.07. The lowest BCUT2D eigenvalue weighted by molar-refractivity contribution is -0.125. The minimum absolute atomic E-state index is 0.0996. The SMILES string of the molecule is CSc1cc(C)[nH]c(=O)c1CNC(=O)c1cc(Cl)c2c(c1C)O[C@](C)(C1CCN(CC3CC3C#N)CC1)O2. The van der Waals surface area contributed by atoms with Gasteiger partial charge in [0.05, 0.1) is 17.0 Å². The van der Waals surface area contributed by atoms with Gasteiger partial charge in [0.15, 0.2) is 11.5 Å². The fourth-order valence-electron chi connectivity index (χ4n) is 5.63. The Balaban J connectivity index is 1.27. The third-order valence-electron chi connectivity index (χ3n) is 8.08. The van der Waals surface area contributed by atoms with Crippen LogP contribution >= 0.6 is 23.4 Å². The maximum absolute atomic E-state index is 13.2. The molecule has 38 heavy (non-hydrogen) atoms. The maximum atomic E-state index is 13.2. The van der Waals surface area contributed by atoms with Crippen LogP contribution in [0.15, 0.2) is 21.8 Å². The molecular weight excluding hydrogens is 524 g/mol. The number of rotatable bonds is 7. The van der Waals surface area contributed by atoms with Crippen LogP contribution in [0, 0.1) is 42.9 Å². The van der Waals surface area contributed by atoms with Gasteiger partial charge in [-0.2, -0.15) is 5.26 Å². The molecule has 10 heteroatoms. The number of H-pyrrole nitrogens is 1. The quantitative estimate of drug-likeness (QED) is 0.478. The van der Waals surface area contributed by atoms with E-state index in [9.17, 15) is 9.59 Å². The monoisotopic (exact) mass is 556 g/mol. The molecule has 0 spiro atoms. The molecular formula is C28H33ClN4O4S. The number of carbonyl (C=O) groups is 1. The number of amides is 1. The number of nitrogens with zero attached hydrogens (tertiary/aromatic N) is 2. The van der Waals surface area contributed by atoms with E-state index in [1.807, 2.05) is 33.1 Å². The zero-order valence-corrected chi connectivity index (χ0v) is 23.7. The molecule has 2 aliphatic heterocycles. The number of likely N-dealkylation sites (tertiary alicyclic amines) is 1. The van der Waals surface area contributed by atoms with Crippen LogP contribution in [0.1, 0.15) is 53.4 Å². The Morgan fingerprint density at radius 3 is 2.66 bits per heavy atom. The molecule has 2 aromatic rings. The number of carbonyl (C=O) groups excluding carboxylic acids is 1. The summed E-state index contributed by atoms with van der Waals surface area (Å²) in [6.07, 6.45) is 4.76. The molecule has 3 atom stereocenters. The van der Waals surface area contributed by atoms with Gasteiger partial charge in [-0.25, -0.2) is 0 Å². The van der Waals surface area contributed by atoms with Crippen molar-refractivity contribution in [1.29, 1.82) is 5.26 Å². The van der Waals surface area contributed by atoms with Crippen molar-refractivity contribution >= 4 is 29.3 Å². The Morgan fingerprint density at radius 1 is 1.29 bits per heavy atom. The average Bonchev–Trinajstić information content (AvgIpc) is 3.54. The molecule has 0 radical (unpaired) electrons. The largest absolute Gasteiger partial charge is 0.448 e. The van der Waals surface area contributed by atoms with Crippen LogP contribution in [-0.2, 0) is 6.54 Å². The minimum atomic E-state index is -0.866. The van der Waals surface area contributed by atoms with Crippen molar-refractivity contribution in [3.63, 3.8) is 0 Å². The van der Waals surface area contributed by atoms with Crippen molar-refractivity contribution in [2.75, 3.05) is 25.9 Å². The Labute approximate surface area is 232 Å². The first-order valence-corrected chi connectivity index (χ1v) is 14.6. The number of benzene rings is 1. The molecule has 0 bridgehead atoms. The van der Waals surface area contributed by atoms with Crippen LogP contribution < -0.4 is 20.3 Å². The van der Waals surface area contributed by atoms with Crippen LogP contribution in [0.25, 0.3) is 0 Å². The number of aryl methyl sites for hydroxylation is 1. The van der Waals surface area contributed by atoms with Crippen molar-refractivity contribution in [1.82, 2.24) is 15.2 Å². The molecule has 202 valence electrons. The summed E-state index contributed by atoms with van der Waals surface area (Å²) in [6, 6.07) is 5.88. The van der Waals surface area contributed by atoms with E-state index in [-0.39, 0.29) is 29.8 Å². The van der Waals surface area contributed by atoms with Gasteiger partial charge in [-0.3, -0.25) is 9.59 Å². The van der Waals surface area contributed by atoms with E-state index in [4.69, 9.17) is 26.3 Å². The van der Waals surface area contributed by atoms with E-state index in [2.05, 4.69) is 21.3 Å². The van der Waals surface area contributed by atoms with E-state index in [1.54, 1.807) is 6.07 Å². The van der Waals surface area contributed by atoms with Crippen LogP contribution in [0.5, 0.6) is 11.5 Å². The summed E-state index contributed by atoms with van der Waals surface area (Å²) in [4.78, 5) is 31.7. The first-order valence-electron chi connectivity index (χ1n) is 13.0. The highest BCUT2D eigenvalue weighted by molar-refractivity contribution is 7.98. The lowest BCUT2D eigenvalue weighted by Gasteiger charge is -2.38. The molecule has 3 aliphatic rings. The van der Waals surface area contributed by atoms with Crippen LogP contribution in [-0.4, -0.2) is 47.5 Å². The van der Waals surface area contributed by atoms with E-state index in [0.717, 1.165) is 49.5 Å². The van der Waals surface area contributed by atoms with Crippen LogP contribution in [0.4, 0.5) is 0 Å². The van der Waals surface area contributed by atoms with E-state index < -0.39 is 5.79 Å². The summed E-state index contributed by atoms with van der Waals surface area (Å²) in [5, 5.41) is 12.3. The maximum Gasteiger partial charge on any atom is 0.254 e. The number of fused-ring (bicyclic) bond motifs is 1. The Kier molecular flexibility index (Phi) is 7.42. The summed E-state index contributed by atoms with van der Waals surface area (Å²) in [6.45, 7) is 8.57. The van der Waals surface area contributed by atoms with Crippen molar-refractivity contribution in [3.8, 4) is 17.6 Å². The predicted octanol–water partition coefficient (Wildman–Crippen LogP) is 4.66. The highest BCUT2D eigenvalue weighted by Gasteiger charge is 2.48. The van der Waals surface area contributed by atoms with Gasteiger partial charge in [-0.1, -0.05) is 11.6 Å². The van der Waals surface area contributed by atoms with Crippen LogP contribution in [0.3, 0.4) is 0 Å². The predicted molar refractivity (Wildman–Crippen MR) is 147 cm³/mol. The number of aromatic nitrogens is 1. The lowest BCUT2D eigenvalue weighted by atomic mass is 9.89. The smallest absolute Gasteiger partial charge is 0.254 e.